The molecular formula is C20H35N3O2. The van der Waals surface area contributed by atoms with Crippen LogP contribution in [-0.4, -0.2) is 45.8 Å². The molecule has 0 saturated carbocycles. The van der Waals surface area contributed by atoms with E-state index in [0.717, 1.165) is 31.5 Å². The van der Waals surface area contributed by atoms with Crippen LogP contribution in [0.15, 0.2) is 18.3 Å². The Morgan fingerprint density at radius 2 is 1.84 bits per heavy atom. The van der Waals surface area contributed by atoms with E-state index in [9.17, 15) is 9.59 Å². The standard InChI is InChI=1S/C20H35N3O2/c1-6-8-13-22(15-18-11-9-12-21(18)5)20(25)16-23(14-17(3)4)19(24)10-7-2/h9,11-12,17H,6-8,10,13-16H2,1-5H3. The minimum absolute atomic E-state index is 0.0414. The van der Waals surface area contributed by atoms with Gasteiger partial charge in [-0.2, -0.15) is 0 Å². The Balaban J connectivity index is 2.82. The Morgan fingerprint density at radius 1 is 1.12 bits per heavy atom. The molecule has 1 heterocycles. The van der Waals surface area contributed by atoms with Gasteiger partial charge in [0.05, 0.1) is 13.1 Å². The topological polar surface area (TPSA) is 45.6 Å². The van der Waals surface area contributed by atoms with E-state index in [1.807, 2.05) is 41.8 Å². The molecule has 0 aliphatic heterocycles. The first-order valence-electron chi connectivity index (χ1n) is 9.54. The second-order valence-corrected chi connectivity index (χ2v) is 7.20. The van der Waals surface area contributed by atoms with Gasteiger partial charge in [-0.3, -0.25) is 9.59 Å². The van der Waals surface area contributed by atoms with Crippen LogP contribution in [0.3, 0.4) is 0 Å². The summed E-state index contributed by atoms with van der Waals surface area (Å²) in [6.45, 7) is 10.4. The fourth-order valence-corrected chi connectivity index (χ4v) is 2.83. The molecule has 0 spiro atoms. The molecule has 0 aliphatic rings. The van der Waals surface area contributed by atoms with E-state index in [2.05, 4.69) is 20.8 Å². The molecule has 5 heteroatoms. The first kappa shape index (κ1) is 21.3. The molecule has 2 amide bonds. The van der Waals surface area contributed by atoms with Crippen LogP contribution in [0.25, 0.3) is 0 Å². The van der Waals surface area contributed by atoms with Gasteiger partial charge in [0, 0.05) is 38.4 Å². The van der Waals surface area contributed by atoms with Crippen molar-refractivity contribution in [2.45, 2.75) is 59.9 Å². The van der Waals surface area contributed by atoms with Crippen LogP contribution in [-0.2, 0) is 23.2 Å². The van der Waals surface area contributed by atoms with Gasteiger partial charge >= 0.3 is 0 Å². The molecule has 0 N–H and O–H groups in total. The molecule has 0 saturated heterocycles. The summed E-state index contributed by atoms with van der Waals surface area (Å²) in [5.74, 6) is 0.476. The van der Waals surface area contributed by atoms with Gasteiger partial charge in [0.25, 0.3) is 0 Å². The maximum absolute atomic E-state index is 12.9. The number of hydrogen-bond donors (Lipinski definition) is 0. The van der Waals surface area contributed by atoms with Crippen molar-refractivity contribution < 1.29 is 9.59 Å². The zero-order chi connectivity index (χ0) is 18.8. The van der Waals surface area contributed by atoms with Gasteiger partial charge in [-0.05, 0) is 30.9 Å². The maximum Gasteiger partial charge on any atom is 0.242 e. The lowest BCUT2D eigenvalue weighted by Gasteiger charge is -2.29. The second-order valence-electron chi connectivity index (χ2n) is 7.20. The van der Waals surface area contributed by atoms with Gasteiger partial charge in [0.2, 0.25) is 11.8 Å². The molecule has 0 aromatic carbocycles. The number of carbonyl (C=O) groups is 2. The van der Waals surface area contributed by atoms with Crippen LogP contribution in [0, 0.1) is 5.92 Å². The molecule has 1 aromatic rings. The predicted octanol–water partition coefficient (Wildman–Crippen LogP) is 3.44. The average Bonchev–Trinajstić information content (AvgIpc) is 2.95. The quantitative estimate of drug-likeness (QED) is 0.614. The van der Waals surface area contributed by atoms with Gasteiger partial charge in [-0.1, -0.05) is 34.1 Å². The van der Waals surface area contributed by atoms with Gasteiger partial charge in [-0.25, -0.2) is 0 Å². The molecule has 142 valence electrons. The van der Waals surface area contributed by atoms with E-state index < -0.39 is 0 Å². The summed E-state index contributed by atoms with van der Waals surface area (Å²) in [5, 5.41) is 0. The monoisotopic (exact) mass is 349 g/mol. The fourth-order valence-electron chi connectivity index (χ4n) is 2.83. The maximum atomic E-state index is 12.9. The van der Waals surface area contributed by atoms with Crippen molar-refractivity contribution in [3.8, 4) is 0 Å². The summed E-state index contributed by atoms with van der Waals surface area (Å²) in [5.41, 5.74) is 1.11. The lowest BCUT2D eigenvalue weighted by atomic mass is 10.2. The van der Waals surface area contributed by atoms with E-state index >= 15 is 0 Å². The Kier molecular flexibility index (Phi) is 9.32. The third-order valence-electron chi connectivity index (χ3n) is 4.27. The highest BCUT2D eigenvalue weighted by Crippen LogP contribution is 2.10. The molecule has 0 radical (unpaired) electrons. The summed E-state index contributed by atoms with van der Waals surface area (Å²) in [7, 11) is 1.99. The van der Waals surface area contributed by atoms with Crippen LogP contribution in [0.2, 0.25) is 0 Å². The van der Waals surface area contributed by atoms with Crippen LogP contribution in [0.5, 0.6) is 0 Å². The average molecular weight is 350 g/mol. The highest BCUT2D eigenvalue weighted by Gasteiger charge is 2.22. The zero-order valence-corrected chi connectivity index (χ0v) is 16.6. The molecule has 0 bridgehead atoms. The summed E-state index contributed by atoms with van der Waals surface area (Å²) < 4.78 is 2.04. The highest BCUT2D eigenvalue weighted by atomic mass is 16.2. The van der Waals surface area contributed by atoms with Crippen molar-refractivity contribution >= 4 is 11.8 Å². The van der Waals surface area contributed by atoms with Gasteiger partial charge < -0.3 is 14.4 Å². The van der Waals surface area contributed by atoms with E-state index in [1.165, 1.54) is 0 Å². The van der Waals surface area contributed by atoms with Crippen molar-refractivity contribution in [3.05, 3.63) is 24.0 Å². The Hall–Kier alpha value is -1.78. The first-order valence-corrected chi connectivity index (χ1v) is 9.54. The Labute approximate surface area is 153 Å². The largest absolute Gasteiger partial charge is 0.353 e. The Bertz CT molecular complexity index is 537. The van der Waals surface area contributed by atoms with Crippen molar-refractivity contribution in [3.63, 3.8) is 0 Å². The molecule has 5 nitrogen and oxygen atoms in total. The summed E-state index contributed by atoms with van der Waals surface area (Å²) in [6.07, 6.45) is 5.33. The van der Waals surface area contributed by atoms with Crippen molar-refractivity contribution in [2.75, 3.05) is 19.6 Å². The van der Waals surface area contributed by atoms with E-state index in [-0.39, 0.29) is 18.4 Å². The molecule has 0 atom stereocenters. The number of carbonyl (C=O) groups excluding carboxylic acids is 2. The second kappa shape index (κ2) is 11.0. The normalized spacial score (nSPS) is 11.0. The fraction of sp³-hybridized carbons (Fsp3) is 0.700. The van der Waals surface area contributed by atoms with Gasteiger partial charge in [-0.15, -0.1) is 0 Å². The number of hydrogen-bond acceptors (Lipinski definition) is 2. The molecule has 25 heavy (non-hydrogen) atoms. The number of nitrogens with zero attached hydrogens (tertiary/aromatic N) is 3. The van der Waals surface area contributed by atoms with Gasteiger partial charge in [0.1, 0.15) is 0 Å². The highest BCUT2D eigenvalue weighted by molar-refractivity contribution is 5.84. The third kappa shape index (κ3) is 7.32. The minimum atomic E-state index is 0.0414. The molecule has 0 aliphatic carbocycles. The molecular weight excluding hydrogens is 314 g/mol. The van der Waals surface area contributed by atoms with Crippen molar-refractivity contribution in [1.29, 1.82) is 0 Å². The number of aryl methyl sites for hydroxylation is 1. The van der Waals surface area contributed by atoms with Crippen LogP contribution >= 0.6 is 0 Å². The van der Waals surface area contributed by atoms with Crippen LogP contribution in [0.1, 0.15) is 59.1 Å². The van der Waals surface area contributed by atoms with E-state index in [0.29, 0.717) is 25.4 Å². The first-order chi connectivity index (χ1) is 11.9. The smallest absolute Gasteiger partial charge is 0.242 e. The third-order valence-corrected chi connectivity index (χ3v) is 4.27. The van der Waals surface area contributed by atoms with Crippen molar-refractivity contribution in [2.24, 2.45) is 13.0 Å². The SMILES string of the molecule is CCCCN(Cc1cccn1C)C(=O)CN(CC(C)C)C(=O)CCC. The zero-order valence-electron chi connectivity index (χ0n) is 16.6. The molecule has 0 unspecified atom stereocenters. The van der Waals surface area contributed by atoms with E-state index in [1.54, 1.807) is 4.90 Å². The Morgan fingerprint density at radius 3 is 2.36 bits per heavy atom. The predicted molar refractivity (Wildman–Crippen MR) is 102 cm³/mol. The molecule has 0 fully saturated rings. The van der Waals surface area contributed by atoms with Crippen LogP contribution < -0.4 is 0 Å². The minimum Gasteiger partial charge on any atom is -0.353 e. The lowest BCUT2D eigenvalue weighted by molar-refractivity contribution is -0.141. The van der Waals surface area contributed by atoms with E-state index in [4.69, 9.17) is 0 Å². The number of aromatic nitrogens is 1. The number of rotatable bonds is 11. The molecule has 1 rings (SSSR count). The summed E-state index contributed by atoms with van der Waals surface area (Å²) in [6, 6.07) is 4.04. The van der Waals surface area contributed by atoms with Gasteiger partial charge in [0.15, 0.2) is 0 Å². The lowest BCUT2D eigenvalue weighted by Crippen LogP contribution is -2.44. The number of amides is 2. The van der Waals surface area contributed by atoms with Crippen molar-refractivity contribution in [1.82, 2.24) is 14.4 Å². The summed E-state index contributed by atoms with van der Waals surface area (Å²) in [4.78, 5) is 28.9. The van der Waals surface area contributed by atoms with Crippen LogP contribution in [0.4, 0.5) is 0 Å². The molecule has 1 aromatic heterocycles. The summed E-state index contributed by atoms with van der Waals surface area (Å²) >= 11 is 0. The number of unbranched alkanes of at least 4 members (excludes halogenated alkanes) is 1.